The minimum Gasteiger partial charge on any atom is -0.0622 e. The Labute approximate surface area is 246 Å². The van der Waals surface area contributed by atoms with Gasteiger partial charge in [-0.1, -0.05) is 141 Å². The first-order valence-electron chi connectivity index (χ1n) is 13.1. The van der Waals surface area contributed by atoms with Gasteiger partial charge < -0.3 is 0 Å². The molecule has 0 nitrogen and oxygen atoms in total. The third-order valence-electron chi connectivity index (χ3n) is 7.87. The van der Waals surface area contributed by atoms with Gasteiger partial charge >= 0.3 is 0 Å². The fraction of sp³-hybridized carbons (Fsp3) is 0.0270. The van der Waals surface area contributed by atoms with E-state index >= 15 is 0 Å². The summed E-state index contributed by atoms with van der Waals surface area (Å²) in [6, 6.07) is 53.1. The highest BCUT2D eigenvalue weighted by Crippen LogP contribution is 2.57. The van der Waals surface area contributed by atoms with E-state index in [0.29, 0.717) is 0 Å². The van der Waals surface area contributed by atoms with Crippen molar-refractivity contribution in [3.63, 3.8) is 0 Å². The van der Waals surface area contributed by atoms with E-state index in [4.69, 9.17) is 0 Å². The summed E-state index contributed by atoms with van der Waals surface area (Å²) in [4.78, 5) is 0. The predicted molar refractivity (Wildman–Crippen MR) is 170 cm³/mol. The molecule has 0 aliphatic heterocycles. The fourth-order valence-corrected chi connectivity index (χ4v) is 6.99. The average molecular weight is 628 g/mol. The van der Waals surface area contributed by atoms with Crippen LogP contribution < -0.4 is 0 Å². The van der Waals surface area contributed by atoms with Gasteiger partial charge in [-0.3, -0.25) is 0 Å². The maximum absolute atomic E-state index is 3.66. The van der Waals surface area contributed by atoms with Gasteiger partial charge in [-0.05, 0) is 92.0 Å². The van der Waals surface area contributed by atoms with Crippen LogP contribution in [0.3, 0.4) is 0 Å². The van der Waals surface area contributed by atoms with Crippen LogP contribution in [0.4, 0.5) is 0 Å². The highest BCUT2D eigenvalue weighted by atomic mass is 79.9. The summed E-state index contributed by atoms with van der Waals surface area (Å²) in [6.07, 6.45) is 0. The molecule has 0 saturated heterocycles. The molecule has 0 radical (unpaired) electrons. The van der Waals surface area contributed by atoms with Crippen molar-refractivity contribution < 1.29 is 0 Å². The SMILES string of the molecule is Brc1cccc(-c2ccc3c(c2)-c2cc(-c4cccc(Br)c4)ccc2C3(c2ccccc2)c2ccccc2)c1. The van der Waals surface area contributed by atoms with Crippen LogP contribution in [0.25, 0.3) is 33.4 Å². The van der Waals surface area contributed by atoms with Crippen molar-refractivity contribution >= 4 is 31.9 Å². The monoisotopic (exact) mass is 626 g/mol. The fourth-order valence-electron chi connectivity index (χ4n) is 6.19. The minimum atomic E-state index is -0.404. The van der Waals surface area contributed by atoms with E-state index in [1.807, 2.05) is 0 Å². The number of hydrogen-bond acceptors (Lipinski definition) is 0. The first-order chi connectivity index (χ1) is 19.1. The van der Waals surface area contributed by atoms with E-state index < -0.39 is 5.41 Å². The largest absolute Gasteiger partial charge is 0.0713 e. The topological polar surface area (TPSA) is 0 Å². The maximum Gasteiger partial charge on any atom is 0.0713 e. The Balaban J connectivity index is 1.56. The molecular formula is C37H24Br2. The molecule has 0 atom stereocenters. The Hall–Kier alpha value is -3.72. The molecule has 0 saturated carbocycles. The second kappa shape index (κ2) is 9.79. The molecule has 7 rings (SSSR count). The van der Waals surface area contributed by atoms with Gasteiger partial charge in [0.05, 0.1) is 5.41 Å². The summed E-state index contributed by atoms with van der Waals surface area (Å²) in [5.74, 6) is 0. The number of rotatable bonds is 4. The first-order valence-corrected chi connectivity index (χ1v) is 14.7. The van der Waals surface area contributed by atoms with Crippen LogP contribution in [0, 0.1) is 0 Å². The van der Waals surface area contributed by atoms with Crippen molar-refractivity contribution in [2.24, 2.45) is 0 Å². The Bertz CT molecular complexity index is 1680. The van der Waals surface area contributed by atoms with E-state index in [-0.39, 0.29) is 0 Å². The lowest BCUT2D eigenvalue weighted by atomic mass is 9.67. The van der Waals surface area contributed by atoms with Gasteiger partial charge in [0.1, 0.15) is 0 Å². The summed E-state index contributed by atoms with van der Waals surface area (Å²) in [5, 5.41) is 0. The summed E-state index contributed by atoms with van der Waals surface area (Å²) < 4.78 is 2.17. The smallest absolute Gasteiger partial charge is 0.0622 e. The average Bonchev–Trinajstić information content (AvgIpc) is 3.28. The molecule has 0 aromatic heterocycles. The van der Waals surface area contributed by atoms with Gasteiger partial charge in [0.25, 0.3) is 0 Å². The number of fused-ring (bicyclic) bond motifs is 3. The molecule has 1 aliphatic carbocycles. The van der Waals surface area contributed by atoms with E-state index in [0.717, 1.165) is 8.95 Å². The molecule has 39 heavy (non-hydrogen) atoms. The Morgan fingerprint density at radius 3 is 1.18 bits per heavy atom. The zero-order valence-corrected chi connectivity index (χ0v) is 24.3. The summed E-state index contributed by atoms with van der Waals surface area (Å²) in [5.41, 5.74) is 12.2. The first kappa shape index (κ1) is 24.3. The van der Waals surface area contributed by atoms with E-state index in [1.165, 1.54) is 55.6 Å². The van der Waals surface area contributed by atoms with Crippen molar-refractivity contribution in [2.75, 3.05) is 0 Å². The van der Waals surface area contributed by atoms with Crippen molar-refractivity contribution in [1.82, 2.24) is 0 Å². The highest BCUT2D eigenvalue weighted by molar-refractivity contribution is 9.10. The molecule has 2 heteroatoms. The van der Waals surface area contributed by atoms with Crippen molar-refractivity contribution in [3.8, 4) is 33.4 Å². The Morgan fingerprint density at radius 1 is 0.359 bits per heavy atom. The molecule has 0 amide bonds. The lowest BCUT2D eigenvalue weighted by Gasteiger charge is -2.34. The van der Waals surface area contributed by atoms with E-state index in [9.17, 15) is 0 Å². The van der Waals surface area contributed by atoms with E-state index in [1.54, 1.807) is 0 Å². The molecule has 6 aromatic rings. The Kier molecular flexibility index (Phi) is 6.11. The zero-order valence-electron chi connectivity index (χ0n) is 21.1. The molecule has 0 unspecified atom stereocenters. The van der Waals surface area contributed by atoms with Crippen LogP contribution in [0.15, 0.2) is 155 Å². The number of hydrogen-bond donors (Lipinski definition) is 0. The number of benzene rings is 6. The Morgan fingerprint density at radius 2 is 0.769 bits per heavy atom. The highest BCUT2D eigenvalue weighted by Gasteiger charge is 2.46. The van der Waals surface area contributed by atoms with Gasteiger partial charge in [0.15, 0.2) is 0 Å². The van der Waals surface area contributed by atoms with Crippen LogP contribution in [-0.4, -0.2) is 0 Å². The lowest BCUT2D eigenvalue weighted by Crippen LogP contribution is -2.28. The van der Waals surface area contributed by atoms with Crippen molar-refractivity contribution in [2.45, 2.75) is 5.41 Å². The zero-order chi connectivity index (χ0) is 26.4. The second-order valence-electron chi connectivity index (χ2n) is 10.0. The van der Waals surface area contributed by atoms with Crippen LogP contribution in [0.2, 0.25) is 0 Å². The molecule has 0 spiro atoms. The lowest BCUT2D eigenvalue weighted by molar-refractivity contribution is 0.768. The second-order valence-corrected chi connectivity index (χ2v) is 11.9. The van der Waals surface area contributed by atoms with Crippen LogP contribution >= 0.6 is 31.9 Å². The van der Waals surface area contributed by atoms with E-state index in [2.05, 4.69) is 177 Å². The molecule has 0 fully saturated rings. The summed E-state index contributed by atoms with van der Waals surface area (Å²) in [7, 11) is 0. The molecule has 0 heterocycles. The maximum atomic E-state index is 3.66. The minimum absolute atomic E-state index is 0.404. The van der Waals surface area contributed by atoms with Gasteiger partial charge in [-0.2, -0.15) is 0 Å². The van der Waals surface area contributed by atoms with Crippen molar-refractivity contribution in [3.05, 3.63) is 177 Å². The molecule has 0 N–H and O–H groups in total. The van der Waals surface area contributed by atoms with Crippen LogP contribution in [0.1, 0.15) is 22.3 Å². The molecule has 0 bridgehead atoms. The van der Waals surface area contributed by atoms with Crippen molar-refractivity contribution in [1.29, 1.82) is 0 Å². The quantitative estimate of drug-likeness (QED) is 0.182. The standard InChI is InChI=1S/C37H24Br2/c38-31-15-7-9-25(21-31)27-17-19-35-33(23-27)34-24-28(26-10-8-16-32(39)22-26)18-20-36(34)37(35,29-11-3-1-4-12-29)30-13-5-2-6-14-30/h1-24H. The predicted octanol–water partition coefficient (Wildman–Crippen LogP) is 10.9. The van der Waals surface area contributed by atoms with Gasteiger partial charge in [0, 0.05) is 8.95 Å². The van der Waals surface area contributed by atoms with Gasteiger partial charge in [-0.15, -0.1) is 0 Å². The van der Waals surface area contributed by atoms with Crippen LogP contribution in [-0.2, 0) is 5.41 Å². The molecule has 186 valence electrons. The summed E-state index contributed by atoms with van der Waals surface area (Å²) in [6.45, 7) is 0. The number of halogens is 2. The molecule has 1 aliphatic rings. The third kappa shape index (κ3) is 4.02. The normalized spacial score (nSPS) is 13.1. The van der Waals surface area contributed by atoms with Crippen LogP contribution in [0.5, 0.6) is 0 Å². The molecule has 6 aromatic carbocycles. The van der Waals surface area contributed by atoms with Gasteiger partial charge in [0.2, 0.25) is 0 Å². The molecular weight excluding hydrogens is 604 g/mol. The van der Waals surface area contributed by atoms with Gasteiger partial charge in [-0.25, -0.2) is 0 Å². The third-order valence-corrected chi connectivity index (χ3v) is 8.85. The summed E-state index contributed by atoms with van der Waals surface area (Å²) >= 11 is 7.33.